The molecule has 1 aromatic heterocycles. The van der Waals surface area contributed by atoms with Crippen molar-refractivity contribution in [1.82, 2.24) is 9.88 Å². The van der Waals surface area contributed by atoms with Crippen LogP contribution in [0.15, 0.2) is 22.6 Å². The molecule has 2 amide bonds. The molecule has 0 bridgehead atoms. The maximum atomic E-state index is 12.2. The van der Waals surface area contributed by atoms with E-state index in [0.717, 1.165) is 37.8 Å². The van der Waals surface area contributed by atoms with Gasteiger partial charge in [0.05, 0.1) is 0 Å². The van der Waals surface area contributed by atoms with Crippen molar-refractivity contribution in [3.8, 4) is 0 Å². The van der Waals surface area contributed by atoms with Gasteiger partial charge in [0.15, 0.2) is 5.58 Å². The van der Waals surface area contributed by atoms with E-state index in [4.69, 9.17) is 9.15 Å². The zero-order valence-corrected chi connectivity index (χ0v) is 17.9. The summed E-state index contributed by atoms with van der Waals surface area (Å²) >= 11 is 0. The zero-order chi connectivity index (χ0) is 21.3. The van der Waals surface area contributed by atoms with Gasteiger partial charge in [0, 0.05) is 30.7 Å². The standard InChI is InChI=1S/C22H30N4O4/c1-22(2,3)30-21(28)26-11-9-15(10-12-26)24-20-25-17-13-16(7-8-18(17)29-20)23-19(27)14-5-4-6-14/h7-8,13-15H,4-6,9-12H2,1-3H3,(H,23,27)(H,24,25). The van der Waals surface area contributed by atoms with Crippen LogP contribution in [0.3, 0.4) is 0 Å². The van der Waals surface area contributed by atoms with E-state index >= 15 is 0 Å². The van der Waals surface area contributed by atoms with Crippen LogP contribution in [0, 0.1) is 5.92 Å². The lowest BCUT2D eigenvalue weighted by atomic mass is 9.85. The Hall–Kier alpha value is -2.77. The number of nitrogens with zero attached hydrogens (tertiary/aromatic N) is 2. The number of likely N-dealkylation sites (tertiary alicyclic amines) is 1. The minimum atomic E-state index is -0.486. The lowest BCUT2D eigenvalue weighted by molar-refractivity contribution is -0.122. The Morgan fingerprint density at radius 3 is 2.53 bits per heavy atom. The van der Waals surface area contributed by atoms with Gasteiger partial charge in [0.1, 0.15) is 11.1 Å². The molecule has 0 unspecified atom stereocenters. The number of amides is 2. The fraction of sp³-hybridized carbons (Fsp3) is 0.591. The van der Waals surface area contributed by atoms with E-state index in [9.17, 15) is 9.59 Å². The minimum absolute atomic E-state index is 0.0826. The summed E-state index contributed by atoms with van der Waals surface area (Å²) in [5.74, 6) is 0.223. The Bertz CT molecular complexity index is 921. The van der Waals surface area contributed by atoms with Crippen LogP contribution in [0.4, 0.5) is 16.5 Å². The summed E-state index contributed by atoms with van der Waals surface area (Å²) in [5, 5.41) is 6.30. The normalized spacial score (nSPS) is 18.2. The molecule has 1 saturated carbocycles. The number of fused-ring (bicyclic) bond motifs is 1. The van der Waals surface area contributed by atoms with Gasteiger partial charge >= 0.3 is 6.09 Å². The van der Waals surface area contributed by atoms with Crippen LogP contribution in [0.25, 0.3) is 11.1 Å². The number of benzene rings is 1. The van der Waals surface area contributed by atoms with Gasteiger partial charge in [0.2, 0.25) is 5.91 Å². The molecule has 2 N–H and O–H groups in total. The van der Waals surface area contributed by atoms with E-state index in [-0.39, 0.29) is 24.0 Å². The van der Waals surface area contributed by atoms with Crippen molar-refractivity contribution in [3.05, 3.63) is 18.2 Å². The molecule has 2 aliphatic rings. The summed E-state index contributed by atoms with van der Waals surface area (Å²) in [7, 11) is 0. The molecule has 1 aromatic carbocycles. The molecule has 2 fully saturated rings. The highest BCUT2D eigenvalue weighted by Crippen LogP contribution is 2.29. The quantitative estimate of drug-likeness (QED) is 0.771. The van der Waals surface area contributed by atoms with E-state index in [0.29, 0.717) is 30.2 Å². The molecule has 162 valence electrons. The Morgan fingerprint density at radius 2 is 1.90 bits per heavy atom. The molecule has 0 atom stereocenters. The predicted octanol–water partition coefficient (Wildman–Crippen LogP) is 4.38. The summed E-state index contributed by atoms with van der Waals surface area (Å²) < 4.78 is 11.3. The molecule has 1 saturated heterocycles. The molecular formula is C22H30N4O4. The van der Waals surface area contributed by atoms with Gasteiger partial charge in [-0.15, -0.1) is 0 Å². The number of ether oxygens (including phenoxy) is 1. The highest BCUT2D eigenvalue weighted by atomic mass is 16.6. The van der Waals surface area contributed by atoms with Gasteiger partial charge in [-0.05, 0) is 64.7 Å². The van der Waals surface area contributed by atoms with Gasteiger partial charge in [-0.2, -0.15) is 4.98 Å². The van der Waals surface area contributed by atoms with Crippen molar-refractivity contribution in [3.63, 3.8) is 0 Å². The van der Waals surface area contributed by atoms with Crippen molar-refractivity contribution in [2.45, 2.75) is 64.5 Å². The first kappa shape index (κ1) is 20.5. The molecule has 8 heteroatoms. The maximum Gasteiger partial charge on any atom is 0.410 e. The minimum Gasteiger partial charge on any atom is -0.444 e. The lowest BCUT2D eigenvalue weighted by Crippen LogP contribution is -2.44. The number of nitrogens with one attached hydrogen (secondary N) is 2. The van der Waals surface area contributed by atoms with E-state index < -0.39 is 5.60 Å². The fourth-order valence-electron chi connectivity index (χ4n) is 3.69. The molecule has 0 radical (unpaired) electrons. The Morgan fingerprint density at radius 1 is 1.17 bits per heavy atom. The third kappa shape index (κ3) is 4.86. The summed E-state index contributed by atoms with van der Waals surface area (Å²) in [6.45, 7) is 6.87. The topological polar surface area (TPSA) is 96.7 Å². The van der Waals surface area contributed by atoms with E-state index in [1.165, 1.54) is 0 Å². The second kappa shape index (κ2) is 8.16. The zero-order valence-electron chi connectivity index (χ0n) is 17.9. The van der Waals surface area contributed by atoms with Gasteiger partial charge in [-0.3, -0.25) is 4.79 Å². The molecular weight excluding hydrogens is 384 g/mol. The van der Waals surface area contributed by atoms with Crippen molar-refractivity contribution >= 4 is 34.8 Å². The number of carbonyl (C=O) groups excluding carboxylic acids is 2. The largest absolute Gasteiger partial charge is 0.444 e. The van der Waals surface area contributed by atoms with Gasteiger partial charge in [-0.25, -0.2) is 4.79 Å². The van der Waals surface area contributed by atoms with Crippen molar-refractivity contribution in [1.29, 1.82) is 0 Å². The monoisotopic (exact) mass is 414 g/mol. The van der Waals surface area contributed by atoms with E-state index in [1.807, 2.05) is 39.0 Å². The van der Waals surface area contributed by atoms with Crippen molar-refractivity contribution < 1.29 is 18.7 Å². The molecule has 0 spiro atoms. The molecule has 2 aromatic rings. The predicted molar refractivity (Wildman–Crippen MR) is 114 cm³/mol. The summed E-state index contributed by atoms with van der Waals surface area (Å²) in [6.07, 6.45) is 4.39. The van der Waals surface area contributed by atoms with E-state index in [1.54, 1.807) is 4.90 Å². The highest BCUT2D eigenvalue weighted by molar-refractivity contribution is 5.94. The van der Waals surface area contributed by atoms with Crippen LogP contribution in [0.1, 0.15) is 52.9 Å². The molecule has 8 nitrogen and oxygen atoms in total. The first-order valence-electron chi connectivity index (χ1n) is 10.7. The summed E-state index contributed by atoms with van der Waals surface area (Å²) in [6, 6.07) is 6.14. The maximum absolute atomic E-state index is 12.2. The number of carbonyl (C=O) groups is 2. The van der Waals surface area contributed by atoms with Crippen LogP contribution in [0.2, 0.25) is 0 Å². The lowest BCUT2D eigenvalue weighted by Gasteiger charge is -2.33. The number of rotatable bonds is 4. The smallest absolute Gasteiger partial charge is 0.410 e. The molecule has 2 heterocycles. The SMILES string of the molecule is CC(C)(C)OC(=O)N1CCC(Nc2nc3cc(NC(=O)C4CCC4)ccc3o2)CC1. The van der Waals surface area contributed by atoms with Crippen LogP contribution in [0.5, 0.6) is 0 Å². The van der Waals surface area contributed by atoms with Crippen LogP contribution in [-0.2, 0) is 9.53 Å². The average Bonchev–Trinajstić information content (AvgIpc) is 3.00. The Labute approximate surface area is 176 Å². The summed E-state index contributed by atoms with van der Waals surface area (Å²) in [5.41, 5.74) is 1.63. The van der Waals surface area contributed by atoms with Crippen LogP contribution in [-0.4, -0.2) is 46.6 Å². The third-order valence-corrected chi connectivity index (χ3v) is 5.61. The second-order valence-electron chi connectivity index (χ2n) is 9.20. The van der Waals surface area contributed by atoms with Gasteiger partial charge < -0.3 is 24.7 Å². The molecule has 30 heavy (non-hydrogen) atoms. The second-order valence-corrected chi connectivity index (χ2v) is 9.20. The van der Waals surface area contributed by atoms with Gasteiger partial charge in [-0.1, -0.05) is 6.42 Å². The number of hydrogen-bond acceptors (Lipinski definition) is 6. The van der Waals surface area contributed by atoms with Crippen LogP contribution < -0.4 is 10.6 Å². The van der Waals surface area contributed by atoms with E-state index in [2.05, 4.69) is 15.6 Å². The average molecular weight is 415 g/mol. The summed E-state index contributed by atoms with van der Waals surface area (Å²) in [4.78, 5) is 30.6. The van der Waals surface area contributed by atoms with Crippen molar-refractivity contribution in [2.24, 2.45) is 5.92 Å². The van der Waals surface area contributed by atoms with Gasteiger partial charge in [0.25, 0.3) is 6.01 Å². The number of piperidine rings is 1. The first-order valence-corrected chi connectivity index (χ1v) is 10.7. The Kier molecular flexibility index (Phi) is 5.58. The molecule has 1 aliphatic heterocycles. The number of anilines is 2. The third-order valence-electron chi connectivity index (χ3n) is 5.61. The van der Waals surface area contributed by atoms with Crippen molar-refractivity contribution in [2.75, 3.05) is 23.7 Å². The number of oxazole rings is 1. The fourth-order valence-corrected chi connectivity index (χ4v) is 3.69. The number of hydrogen-bond donors (Lipinski definition) is 2. The molecule has 4 rings (SSSR count). The first-order chi connectivity index (χ1) is 14.3. The highest BCUT2D eigenvalue weighted by Gasteiger charge is 2.28. The molecule has 1 aliphatic carbocycles. The Balaban J connectivity index is 1.32. The van der Waals surface area contributed by atoms with Crippen LogP contribution >= 0.6 is 0 Å². The number of aromatic nitrogens is 1.